The highest BCUT2D eigenvalue weighted by Gasteiger charge is 2.21. The van der Waals surface area contributed by atoms with Gasteiger partial charge >= 0.3 is 12.1 Å². The van der Waals surface area contributed by atoms with Crippen LogP contribution in [0.1, 0.15) is 58.8 Å². The summed E-state index contributed by atoms with van der Waals surface area (Å²) in [5.74, 6) is -0.386. The molecule has 0 saturated heterocycles. The fraction of sp³-hybridized carbons (Fsp3) is 0.750. The average Bonchev–Trinajstić information content (AvgIpc) is 2.48. The molecule has 5 heteroatoms. The molecule has 1 amide bonds. The molecule has 0 fully saturated rings. The molecule has 1 atom stereocenters. The van der Waals surface area contributed by atoms with Gasteiger partial charge in [0.2, 0.25) is 0 Å². The molecule has 0 radical (unpaired) electrons. The van der Waals surface area contributed by atoms with Gasteiger partial charge in [0.25, 0.3) is 0 Å². The molecule has 0 aliphatic carbocycles. The first-order chi connectivity index (χ1) is 10.2. The number of esters is 1. The Kier molecular flexibility index (Phi) is 12.5. The summed E-state index contributed by atoms with van der Waals surface area (Å²) in [6.07, 6.45) is 7.67. The molecule has 0 spiro atoms. The smallest absolute Gasteiger partial charge is 0.408 e. The standard InChI is InChI=1S/C16H29NO4/c1-4-7-8-9-10-13-20-15(18)14(11-5-2)17-16(19)21-12-6-3/h6,14H,3-5,7-13H2,1-2H3,(H,17,19). The number of ether oxygens (including phenoxy) is 2. The van der Waals surface area contributed by atoms with Crippen LogP contribution in [-0.2, 0) is 14.3 Å². The molecule has 1 unspecified atom stereocenters. The van der Waals surface area contributed by atoms with E-state index in [1.807, 2.05) is 6.92 Å². The quantitative estimate of drug-likeness (QED) is 0.340. The molecule has 122 valence electrons. The first kappa shape index (κ1) is 19.5. The maximum absolute atomic E-state index is 11.9. The van der Waals surface area contributed by atoms with E-state index < -0.39 is 12.1 Å². The third-order valence-electron chi connectivity index (χ3n) is 2.98. The molecular weight excluding hydrogens is 270 g/mol. The molecule has 0 heterocycles. The van der Waals surface area contributed by atoms with E-state index in [-0.39, 0.29) is 12.6 Å². The van der Waals surface area contributed by atoms with Crippen LogP contribution in [0.3, 0.4) is 0 Å². The molecule has 0 aromatic carbocycles. The van der Waals surface area contributed by atoms with E-state index in [9.17, 15) is 9.59 Å². The minimum Gasteiger partial charge on any atom is -0.464 e. The minimum absolute atomic E-state index is 0.122. The number of unbranched alkanes of at least 4 members (excludes halogenated alkanes) is 4. The van der Waals surface area contributed by atoms with Crippen LogP contribution in [0.15, 0.2) is 12.7 Å². The van der Waals surface area contributed by atoms with Crippen LogP contribution in [-0.4, -0.2) is 31.3 Å². The highest BCUT2D eigenvalue weighted by atomic mass is 16.6. The number of carbonyl (C=O) groups excluding carboxylic acids is 2. The highest BCUT2D eigenvalue weighted by Crippen LogP contribution is 2.05. The summed E-state index contributed by atoms with van der Waals surface area (Å²) in [4.78, 5) is 23.4. The maximum Gasteiger partial charge on any atom is 0.408 e. The van der Waals surface area contributed by atoms with E-state index in [0.29, 0.717) is 13.0 Å². The molecule has 0 saturated carbocycles. The Morgan fingerprint density at radius 2 is 1.81 bits per heavy atom. The van der Waals surface area contributed by atoms with Crippen molar-refractivity contribution < 1.29 is 19.1 Å². The largest absolute Gasteiger partial charge is 0.464 e. The van der Waals surface area contributed by atoms with Gasteiger partial charge in [-0.2, -0.15) is 0 Å². The van der Waals surface area contributed by atoms with Crippen LogP contribution in [0.5, 0.6) is 0 Å². The van der Waals surface area contributed by atoms with Gasteiger partial charge in [-0.1, -0.05) is 58.6 Å². The summed E-state index contributed by atoms with van der Waals surface area (Å²) in [6, 6.07) is -0.636. The van der Waals surface area contributed by atoms with Gasteiger partial charge in [-0.25, -0.2) is 9.59 Å². The predicted molar refractivity (Wildman–Crippen MR) is 83.1 cm³/mol. The molecule has 0 rings (SSSR count). The Morgan fingerprint density at radius 3 is 2.43 bits per heavy atom. The zero-order chi connectivity index (χ0) is 15.9. The number of amides is 1. The number of rotatable bonds is 12. The zero-order valence-electron chi connectivity index (χ0n) is 13.4. The van der Waals surface area contributed by atoms with Crippen LogP contribution in [0.25, 0.3) is 0 Å². The van der Waals surface area contributed by atoms with Crippen molar-refractivity contribution in [3.63, 3.8) is 0 Å². The third-order valence-corrected chi connectivity index (χ3v) is 2.98. The Bertz CT molecular complexity index is 305. The van der Waals surface area contributed by atoms with Gasteiger partial charge in [0.1, 0.15) is 12.6 Å². The Labute approximate surface area is 128 Å². The Balaban J connectivity index is 3.99. The van der Waals surface area contributed by atoms with Crippen molar-refractivity contribution >= 4 is 12.1 Å². The summed E-state index contributed by atoms with van der Waals surface area (Å²) in [5.41, 5.74) is 0. The minimum atomic E-state index is -0.636. The lowest BCUT2D eigenvalue weighted by Gasteiger charge is -2.16. The molecule has 0 aliphatic rings. The van der Waals surface area contributed by atoms with E-state index in [1.54, 1.807) is 0 Å². The monoisotopic (exact) mass is 299 g/mol. The van der Waals surface area contributed by atoms with Crippen LogP contribution < -0.4 is 5.32 Å². The zero-order valence-corrected chi connectivity index (χ0v) is 13.4. The van der Waals surface area contributed by atoms with Gasteiger partial charge in [0, 0.05) is 0 Å². The third kappa shape index (κ3) is 10.9. The van der Waals surface area contributed by atoms with Gasteiger partial charge in [0.05, 0.1) is 6.61 Å². The normalized spacial score (nSPS) is 11.5. The average molecular weight is 299 g/mol. The predicted octanol–water partition coefficient (Wildman–Crippen LogP) is 3.58. The molecule has 5 nitrogen and oxygen atoms in total. The lowest BCUT2D eigenvalue weighted by atomic mass is 10.1. The first-order valence-electron chi connectivity index (χ1n) is 7.86. The molecular formula is C16H29NO4. The number of alkyl carbamates (subject to hydrolysis) is 1. The topological polar surface area (TPSA) is 64.6 Å². The van der Waals surface area contributed by atoms with Crippen molar-refractivity contribution in [2.24, 2.45) is 0 Å². The van der Waals surface area contributed by atoms with Crippen molar-refractivity contribution in [1.29, 1.82) is 0 Å². The van der Waals surface area contributed by atoms with Gasteiger partial charge in [-0.05, 0) is 12.8 Å². The van der Waals surface area contributed by atoms with Crippen molar-refractivity contribution in [3.05, 3.63) is 12.7 Å². The number of carbonyl (C=O) groups is 2. The van der Waals surface area contributed by atoms with Gasteiger partial charge in [0.15, 0.2) is 0 Å². The van der Waals surface area contributed by atoms with E-state index >= 15 is 0 Å². The van der Waals surface area contributed by atoms with E-state index in [1.165, 1.54) is 25.3 Å². The Morgan fingerprint density at radius 1 is 1.10 bits per heavy atom. The van der Waals surface area contributed by atoms with Crippen LogP contribution in [0.2, 0.25) is 0 Å². The summed E-state index contributed by atoms with van der Waals surface area (Å²) < 4.78 is 10.0. The lowest BCUT2D eigenvalue weighted by Crippen LogP contribution is -2.42. The molecule has 21 heavy (non-hydrogen) atoms. The molecule has 0 aromatic heterocycles. The maximum atomic E-state index is 11.9. The van der Waals surface area contributed by atoms with E-state index in [4.69, 9.17) is 9.47 Å². The second kappa shape index (κ2) is 13.5. The van der Waals surface area contributed by atoms with E-state index in [2.05, 4.69) is 18.8 Å². The number of hydrogen-bond acceptors (Lipinski definition) is 4. The molecule has 1 N–H and O–H groups in total. The highest BCUT2D eigenvalue weighted by molar-refractivity contribution is 5.81. The summed E-state index contributed by atoms with van der Waals surface area (Å²) in [5, 5.41) is 2.53. The molecule has 0 aliphatic heterocycles. The van der Waals surface area contributed by atoms with Crippen LogP contribution in [0, 0.1) is 0 Å². The SMILES string of the molecule is C=CCOC(=O)NC(CCC)C(=O)OCCCCCCC. The van der Waals surface area contributed by atoms with Crippen molar-refractivity contribution in [3.8, 4) is 0 Å². The van der Waals surface area contributed by atoms with Crippen molar-refractivity contribution in [2.45, 2.75) is 64.8 Å². The first-order valence-corrected chi connectivity index (χ1v) is 7.86. The summed E-state index contributed by atoms with van der Waals surface area (Å²) in [6.45, 7) is 8.09. The van der Waals surface area contributed by atoms with E-state index in [0.717, 1.165) is 19.3 Å². The summed E-state index contributed by atoms with van der Waals surface area (Å²) >= 11 is 0. The fourth-order valence-electron chi connectivity index (χ4n) is 1.84. The second-order valence-corrected chi connectivity index (χ2v) is 4.95. The summed E-state index contributed by atoms with van der Waals surface area (Å²) in [7, 11) is 0. The van der Waals surface area contributed by atoms with Gasteiger partial charge < -0.3 is 14.8 Å². The number of hydrogen-bond donors (Lipinski definition) is 1. The van der Waals surface area contributed by atoms with Crippen molar-refractivity contribution in [2.75, 3.05) is 13.2 Å². The Hall–Kier alpha value is -1.52. The van der Waals surface area contributed by atoms with Gasteiger partial charge in [-0.3, -0.25) is 0 Å². The molecule has 0 aromatic rings. The van der Waals surface area contributed by atoms with Crippen molar-refractivity contribution in [1.82, 2.24) is 5.32 Å². The number of nitrogens with one attached hydrogen (secondary N) is 1. The van der Waals surface area contributed by atoms with Crippen LogP contribution >= 0.6 is 0 Å². The lowest BCUT2D eigenvalue weighted by molar-refractivity contribution is -0.146. The van der Waals surface area contributed by atoms with Crippen LogP contribution in [0.4, 0.5) is 4.79 Å². The molecule has 0 bridgehead atoms. The van der Waals surface area contributed by atoms with Gasteiger partial charge in [-0.15, -0.1) is 0 Å². The second-order valence-electron chi connectivity index (χ2n) is 4.95. The fourth-order valence-corrected chi connectivity index (χ4v) is 1.84.